The first-order chi connectivity index (χ1) is 10.6. The van der Waals surface area contributed by atoms with E-state index in [9.17, 15) is 10.2 Å². The standard InChI is InChI=1S/C18H16I2O2/c19-15(13-7-3-1-4-8-13)11-17(21)18(22)12-16(20)14-9-5-2-6-10-14/h1-12,17-18,21-22H/b15-11-,16-12-/t17-,18-/m0/s1. The topological polar surface area (TPSA) is 40.5 Å². The Kier molecular flexibility index (Phi) is 7.07. The molecule has 2 nitrogen and oxygen atoms in total. The molecule has 2 atom stereocenters. The van der Waals surface area contributed by atoms with Crippen molar-refractivity contribution in [2.75, 3.05) is 0 Å². The van der Waals surface area contributed by atoms with Gasteiger partial charge in [-0.3, -0.25) is 0 Å². The molecular weight excluding hydrogens is 502 g/mol. The van der Waals surface area contributed by atoms with E-state index in [4.69, 9.17) is 0 Å². The van der Waals surface area contributed by atoms with Crippen LogP contribution in [0, 0.1) is 0 Å². The van der Waals surface area contributed by atoms with E-state index >= 15 is 0 Å². The van der Waals surface area contributed by atoms with Gasteiger partial charge in [-0.25, -0.2) is 0 Å². The summed E-state index contributed by atoms with van der Waals surface area (Å²) in [5, 5.41) is 20.3. The maximum Gasteiger partial charge on any atom is 0.103 e. The molecule has 0 fully saturated rings. The summed E-state index contributed by atoms with van der Waals surface area (Å²) in [6.45, 7) is 0. The number of aliphatic hydroxyl groups excluding tert-OH is 2. The molecule has 0 bridgehead atoms. The molecule has 0 radical (unpaired) electrons. The molecule has 22 heavy (non-hydrogen) atoms. The molecule has 0 heterocycles. The number of benzene rings is 2. The Morgan fingerprint density at radius 1 is 0.682 bits per heavy atom. The van der Waals surface area contributed by atoms with Crippen molar-refractivity contribution in [3.8, 4) is 0 Å². The normalized spacial score (nSPS) is 15.5. The zero-order valence-corrected chi connectivity index (χ0v) is 16.0. The maximum atomic E-state index is 10.2. The van der Waals surface area contributed by atoms with E-state index < -0.39 is 12.2 Å². The fourth-order valence-corrected chi connectivity index (χ4v) is 3.34. The van der Waals surface area contributed by atoms with E-state index in [1.165, 1.54) is 0 Å². The Morgan fingerprint density at radius 2 is 1.00 bits per heavy atom. The third-order valence-electron chi connectivity index (χ3n) is 3.08. The monoisotopic (exact) mass is 518 g/mol. The van der Waals surface area contributed by atoms with Gasteiger partial charge in [-0.05, 0) is 68.5 Å². The van der Waals surface area contributed by atoms with Crippen molar-refractivity contribution in [1.82, 2.24) is 0 Å². The number of hydrogen-bond donors (Lipinski definition) is 2. The van der Waals surface area contributed by atoms with Gasteiger partial charge in [0.25, 0.3) is 0 Å². The van der Waals surface area contributed by atoms with Crippen LogP contribution >= 0.6 is 45.2 Å². The van der Waals surface area contributed by atoms with Crippen LogP contribution in [0.15, 0.2) is 72.8 Å². The lowest BCUT2D eigenvalue weighted by Gasteiger charge is -2.13. The fourth-order valence-electron chi connectivity index (χ4n) is 1.88. The number of hydrogen-bond acceptors (Lipinski definition) is 2. The molecule has 114 valence electrons. The van der Waals surface area contributed by atoms with E-state index in [-0.39, 0.29) is 0 Å². The SMILES string of the molecule is O[C@@H](/C=C(\I)c1ccccc1)[C@@H](O)/C=C(\I)c1ccccc1. The lowest BCUT2D eigenvalue weighted by molar-refractivity contribution is 0.0818. The first kappa shape index (κ1) is 17.7. The van der Waals surface area contributed by atoms with Crippen molar-refractivity contribution in [2.45, 2.75) is 12.2 Å². The highest BCUT2D eigenvalue weighted by molar-refractivity contribution is 14.1. The minimum Gasteiger partial charge on any atom is -0.386 e. The van der Waals surface area contributed by atoms with Gasteiger partial charge in [0.1, 0.15) is 12.2 Å². The molecule has 2 rings (SSSR count). The van der Waals surface area contributed by atoms with Crippen LogP contribution < -0.4 is 0 Å². The van der Waals surface area contributed by atoms with Crippen LogP contribution in [-0.2, 0) is 0 Å². The first-order valence-electron chi connectivity index (χ1n) is 6.79. The lowest BCUT2D eigenvalue weighted by atomic mass is 10.1. The van der Waals surface area contributed by atoms with Crippen molar-refractivity contribution < 1.29 is 10.2 Å². The molecule has 0 saturated carbocycles. The largest absolute Gasteiger partial charge is 0.386 e. The van der Waals surface area contributed by atoms with Crippen LogP contribution in [0.25, 0.3) is 7.16 Å². The van der Waals surface area contributed by atoms with E-state index in [1.807, 2.05) is 60.7 Å². The summed E-state index contributed by atoms with van der Waals surface area (Å²) in [7, 11) is 0. The Labute approximate surface area is 157 Å². The van der Waals surface area contributed by atoms with Crippen LogP contribution in [0.1, 0.15) is 11.1 Å². The van der Waals surface area contributed by atoms with Crippen LogP contribution in [-0.4, -0.2) is 22.4 Å². The molecule has 0 aliphatic carbocycles. The predicted octanol–water partition coefficient (Wildman–Crippen LogP) is 4.66. The first-order valence-corrected chi connectivity index (χ1v) is 8.95. The van der Waals surface area contributed by atoms with Crippen LogP contribution in [0.4, 0.5) is 0 Å². The summed E-state index contributed by atoms with van der Waals surface area (Å²) in [4.78, 5) is 0. The van der Waals surface area contributed by atoms with Gasteiger partial charge in [0.05, 0.1) is 0 Å². The average molecular weight is 518 g/mol. The summed E-state index contributed by atoms with van der Waals surface area (Å²) in [6, 6.07) is 19.6. The molecule has 2 aromatic rings. The number of rotatable bonds is 5. The number of aliphatic hydroxyl groups is 2. The molecule has 0 saturated heterocycles. The van der Waals surface area contributed by atoms with Crippen LogP contribution in [0.2, 0.25) is 0 Å². The summed E-state index contributed by atoms with van der Waals surface area (Å²) < 4.78 is 1.82. The second-order valence-electron chi connectivity index (χ2n) is 4.74. The molecule has 0 amide bonds. The Balaban J connectivity index is 2.11. The summed E-state index contributed by atoms with van der Waals surface area (Å²) in [6.07, 6.45) is 1.46. The van der Waals surface area contributed by atoms with Gasteiger partial charge in [-0.2, -0.15) is 0 Å². The molecule has 0 unspecified atom stereocenters. The quantitative estimate of drug-likeness (QED) is 0.566. The Bertz CT molecular complexity index is 592. The van der Waals surface area contributed by atoms with Gasteiger partial charge < -0.3 is 10.2 Å². The second-order valence-corrected chi connectivity index (χ2v) is 7.07. The Hall–Kier alpha value is -0.700. The van der Waals surface area contributed by atoms with E-state index in [0.717, 1.165) is 18.3 Å². The molecule has 0 aromatic heterocycles. The second kappa shape index (κ2) is 8.81. The summed E-state index contributed by atoms with van der Waals surface area (Å²) in [5.74, 6) is 0. The summed E-state index contributed by atoms with van der Waals surface area (Å²) >= 11 is 4.34. The van der Waals surface area contributed by atoms with Crippen molar-refractivity contribution >= 4 is 52.3 Å². The van der Waals surface area contributed by atoms with Gasteiger partial charge in [0.2, 0.25) is 0 Å². The Morgan fingerprint density at radius 3 is 1.32 bits per heavy atom. The molecular formula is C18H16I2O2. The highest BCUT2D eigenvalue weighted by Crippen LogP contribution is 2.25. The number of halogens is 2. The van der Waals surface area contributed by atoms with E-state index in [0.29, 0.717) is 0 Å². The predicted molar refractivity (Wildman–Crippen MR) is 109 cm³/mol. The van der Waals surface area contributed by atoms with E-state index in [2.05, 4.69) is 45.2 Å². The molecule has 0 aliphatic heterocycles. The average Bonchev–Trinajstić information content (AvgIpc) is 2.56. The molecule has 2 aromatic carbocycles. The molecule has 2 N–H and O–H groups in total. The smallest absolute Gasteiger partial charge is 0.103 e. The third-order valence-corrected chi connectivity index (χ3v) is 5.05. The van der Waals surface area contributed by atoms with Crippen molar-refractivity contribution in [3.63, 3.8) is 0 Å². The van der Waals surface area contributed by atoms with Crippen molar-refractivity contribution in [1.29, 1.82) is 0 Å². The highest BCUT2D eigenvalue weighted by Gasteiger charge is 2.13. The van der Waals surface area contributed by atoms with Gasteiger partial charge in [-0.1, -0.05) is 60.7 Å². The zero-order valence-electron chi connectivity index (χ0n) is 11.7. The minimum absolute atomic E-state index is 0.910. The van der Waals surface area contributed by atoms with E-state index in [1.54, 1.807) is 12.2 Å². The zero-order chi connectivity index (χ0) is 15.9. The van der Waals surface area contributed by atoms with Gasteiger partial charge in [0, 0.05) is 7.16 Å². The van der Waals surface area contributed by atoms with Gasteiger partial charge >= 0.3 is 0 Å². The highest BCUT2D eigenvalue weighted by atomic mass is 127. The fraction of sp³-hybridized carbons (Fsp3) is 0.111. The lowest BCUT2D eigenvalue weighted by Crippen LogP contribution is -2.21. The van der Waals surface area contributed by atoms with Crippen molar-refractivity contribution in [3.05, 3.63) is 83.9 Å². The molecule has 0 spiro atoms. The minimum atomic E-state index is -0.944. The van der Waals surface area contributed by atoms with Gasteiger partial charge in [-0.15, -0.1) is 0 Å². The van der Waals surface area contributed by atoms with Crippen molar-refractivity contribution in [2.24, 2.45) is 0 Å². The van der Waals surface area contributed by atoms with Crippen LogP contribution in [0.3, 0.4) is 0 Å². The summed E-state index contributed by atoms with van der Waals surface area (Å²) in [5.41, 5.74) is 2.05. The van der Waals surface area contributed by atoms with Crippen LogP contribution in [0.5, 0.6) is 0 Å². The maximum absolute atomic E-state index is 10.2. The molecule has 4 heteroatoms. The van der Waals surface area contributed by atoms with Gasteiger partial charge in [0.15, 0.2) is 0 Å². The molecule has 0 aliphatic rings. The third kappa shape index (κ3) is 5.19.